The summed E-state index contributed by atoms with van der Waals surface area (Å²) in [5, 5.41) is 15.7. The van der Waals surface area contributed by atoms with E-state index in [0.29, 0.717) is 12.2 Å². The summed E-state index contributed by atoms with van der Waals surface area (Å²) in [5.41, 5.74) is 5.39. The number of methoxy groups -OCH3 is 1. The van der Waals surface area contributed by atoms with Crippen LogP contribution in [-0.4, -0.2) is 38.4 Å². The molecule has 1 N–H and O–H groups in total. The molecule has 4 heterocycles. The molecule has 0 saturated carbocycles. The van der Waals surface area contributed by atoms with Gasteiger partial charge in [-0.2, -0.15) is 8.91 Å². The fourth-order valence-corrected chi connectivity index (χ4v) is 3.98. The first-order chi connectivity index (χ1) is 15.5. The van der Waals surface area contributed by atoms with Gasteiger partial charge in [0.1, 0.15) is 6.33 Å². The molecular formula is C22H21F2N7O. The molecule has 1 aromatic carbocycles. The Morgan fingerprint density at radius 2 is 1.97 bits per heavy atom. The predicted molar refractivity (Wildman–Crippen MR) is 115 cm³/mol. The number of ether oxygens (including phenoxy) is 1. The lowest BCUT2D eigenvalue weighted by Crippen LogP contribution is -2.32. The summed E-state index contributed by atoms with van der Waals surface area (Å²) in [6.07, 6.45) is 3.98. The number of halogens is 2. The molecule has 10 heteroatoms. The highest BCUT2D eigenvalue weighted by Crippen LogP contribution is 2.31. The number of pyridine rings is 1. The van der Waals surface area contributed by atoms with Gasteiger partial charge in [0.25, 0.3) is 0 Å². The van der Waals surface area contributed by atoms with Gasteiger partial charge in [-0.05, 0) is 37.6 Å². The maximum absolute atomic E-state index is 14.4. The van der Waals surface area contributed by atoms with Crippen molar-refractivity contribution in [1.82, 2.24) is 24.8 Å². The third kappa shape index (κ3) is 3.28. The Balaban J connectivity index is 1.44. The van der Waals surface area contributed by atoms with Gasteiger partial charge in [-0.1, -0.05) is 0 Å². The SMILES string of the molecule is COc1ccc(Nc2cnc3c(c2)CN(c2nn4cnnc4c(C)c2C)CC3)c(F)c1F. The van der Waals surface area contributed by atoms with Gasteiger partial charge in [0.2, 0.25) is 5.82 Å². The largest absolute Gasteiger partial charge is 0.494 e. The predicted octanol–water partition coefficient (Wildman–Crippen LogP) is 3.73. The summed E-state index contributed by atoms with van der Waals surface area (Å²) >= 11 is 0. The number of rotatable bonds is 4. The van der Waals surface area contributed by atoms with Crippen LogP contribution >= 0.6 is 0 Å². The van der Waals surface area contributed by atoms with E-state index in [1.54, 1.807) is 17.0 Å². The molecule has 8 nitrogen and oxygen atoms in total. The molecule has 32 heavy (non-hydrogen) atoms. The first kappa shape index (κ1) is 20.1. The summed E-state index contributed by atoms with van der Waals surface area (Å²) in [7, 11) is 1.29. The average molecular weight is 437 g/mol. The number of benzene rings is 1. The number of aromatic nitrogens is 5. The molecule has 4 aromatic rings. The van der Waals surface area contributed by atoms with Crippen molar-refractivity contribution in [1.29, 1.82) is 0 Å². The smallest absolute Gasteiger partial charge is 0.202 e. The van der Waals surface area contributed by atoms with E-state index in [-0.39, 0.29) is 11.4 Å². The van der Waals surface area contributed by atoms with E-state index in [1.807, 2.05) is 19.9 Å². The molecule has 0 unspecified atom stereocenters. The van der Waals surface area contributed by atoms with Gasteiger partial charge in [0.15, 0.2) is 23.0 Å². The second kappa shape index (κ2) is 7.70. The van der Waals surface area contributed by atoms with Crippen LogP contribution in [0.1, 0.15) is 22.4 Å². The Bertz CT molecular complexity index is 1340. The van der Waals surface area contributed by atoms with E-state index in [4.69, 9.17) is 9.84 Å². The molecule has 0 bridgehead atoms. The minimum atomic E-state index is -1.03. The molecule has 0 spiro atoms. The average Bonchev–Trinajstić information content (AvgIpc) is 3.28. The quantitative estimate of drug-likeness (QED) is 0.521. The molecule has 1 aliphatic heterocycles. The summed E-state index contributed by atoms with van der Waals surface area (Å²) in [4.78, 5) is 6.72. The Kier molecular flexibility index (Phi) is 4.84. The number of fused-ring (bicyclic) bond motifs is 2. The first-order valence-corrected chi connectivity index (χ1v) is 10.1. The molecular weight excluding hydrogens is 416 g/mol. The summed E-state index contributed by atoms with van der Waals surface area (Å²) < 4.78 is 34.9. The number of aryl methyl sites for hydroxylation is 1. The molecule has 0 saturated heterocycles. The van der Waals surface area contributed by atoms with Crippen LogP contribution in [0.3, 0.4) is 0 Å². The zero-order valence-electron chi connectivity index (χ0n) is 17.9. The van der Waals surface area contributed by atoms with Crippen LogP contribution in [0.2, 0.25) is 0 Å². The van der Waals surface area contributed by atoms with E-state index in [0.717, 1.165) is 46.8 Å². The van der Waals surface area contributed by atoms with Gasteiger partial charge < -0.3 is 15.0 Å². The molecule has 0 aliphatic carbocycles. The third-order valence-electron chi connectivity index (χ3n) is 5.85. The van der Waals surface area contributed by atoms with Crippen molar-refractivity contribution >= 4 is 22.8 Å². The molecule has 5 rings (SSSR count). The summed E-state index contributed by atoms with van der Waals surface area (Å²) in [6.45, 7) is 5.40. The van der Waals surface area contributed by atoms with Gasteiger partial charge in [0, 0.05) is 36.3 Å². The minimum Gasteiger partial charge on any atom is -0.494 e. The van der Waals surface area contributed by atoms with Crippen LogP contribution in [0, 0.1) is 25.5 Å². The Morgan fingerprint density at radius 3 is 2.78 bits per heavy atom. The molecule has 0 atom stereocenters. The standard InChI is InChI=1S/C22H21F2N7O/c1-12-13(2)22(29-31-11-26-28-21(12)31)30-7-6-16-14(10-30)8-15(9-25-16)27-17-4-5-18(32-3)20(24)19(17)23/h4-5,8-9,11,27H,6-7,10H2,1-3H3. The highest BCUT2D eigenvalue weighted by atomic mass is 19.2. The van der Waals surface area contributed by atoms with E-state index in [2.05, 4.69) is 25.4 Å². The fourth-order valence-electron chi connectivity index (χ4n) is 3.98. The van der Waals surface area contributed by atoms with E-state index < -0.39 is 11.6 Å². The van der Waals surface area contributed by atoms with Crippen LogP contribution in [0.15, 0.2) is 30.7 Å². The second-order valence-corrected chi connectivity index (χ2v) is 7.74. The minimum absolute atomic E-state index is 0.0175. The van der Waals surface area contributed by atoms with E-state index >= 15 is 0 Å². The van der Waals surface area contributed by atoms with Gasteiger partial charge in [-0.25, -0.2) is 4.39 Å². The molecule has 164 valence electrons. The molecule has 0 fully saturated rings. The van der Waals surface area contributed by atoms with Crippen LogP contribution in [-0.2, 0) is 13.0 Å². The Morgan fingerprint density at radius 1 is 1.12 bits per heavy atom. The lowest BCUT2D eigenvalue weighted by atomic mass is 10.0. The summed E-state index contributed by atoms with van der Waals surface area (Å²) in [6, 6.07) is 4.73. The summed E-state index contributed by atoms with van der Waals surface area (Å²) in [5.74, 6) is -1.31. The Labute approximate surface area is 182 Å². The molecule has 0 radical (unpaired) electrons. The van der Waals surface area contributed by atoms with Crippen molar-refractivity contribution in [3.63, 3.8) is 0 Å². The number of hydrogen-bond acceptors (Lipinski definition) is 7. The highest BCUT2D eigenvalue weighted by molar-refractivity contribution is 5.63. The van der Waals surface area contributed by atoms with Gasteiger partial charge in [-0.15, -0.1) is 15.3 Å². The number of anilines is 3. The zero-order chi connectivity index (χ0) is 22.4. The van der Waals surface area contributed by atoms with Crippen LogP contribution in [0.4, 0.5) is 26.0 Å². The Hall–Kier alpha value is -3.82. The lowest BCUT2D eigenvalue weighted by molar-refractivity contribution is 0.372. The van der Waals surface area contributed by atoms with Crippen molar-refractivity contribution in [2.45, 2.75) is 26.8 Å². The van der Waals surface area contributed by atoms with Crippen LogP contribution < -0.4 is 15.0 Å². The van der Waals surface area contributed by atoms with Crippen LogP contribution in [0.5, 0.6) is 5.75 Å². The topological polar surface area (TPSA) is 80.5 Å². The van der Waals surface area contributed by atoms with Gasteiger partial charge >= 0.3 is 0 Å². The second-order valence-electron chi connectivity index (χ2n) is 7.74. The van der Waals surface area contributed by atoms with Crippen molar-refractivity contribution in [2.24, 2.45) is 0 Å². The highest BCUT2D eigenvalue weighted by Gasteiger charge is 2.23. The van der Waals surface area contributed by atoms with Crippen LogP contribution in [0.25, 0.3) is 5.65 Å². The maximum Gasteiger partial charge on any atom is 0.202 e. The third-order valence-corrected chi connectivity index (χ3v) is 5.85. The van der Waals surface area contributed by atoms with E-state index in [1.165, 1.54) is 19.2 Å². The molecule has 0 amide bonds. The number of hydrogen-bond donors (Lipinski definition) is 1. The van der Waals surface area contributed by atoms with E-state index in [9.17, 15) is 8.78 Å². The normalized spacial score (nSPS) is 13.3. The van der Waals surface area contributed by atoms with Gasteiger partial charge in [0.05, 0.1) is 24.7 Å². The molecule has 1 aliphatic rings. The van der Waals surface area contributed by atoms with Crippen molar-refractivity contribution in [2.75, 3.05) is 23.9 Å². The zero-order valence-corrected chi connectivity index (χ0v) is 17.9. The van der Waals surface area contributed by atoms with Crippen molar-refractivity contribution in [3.05, 3.63) is 64.7 Å². The van der Waals surface area contributed by atoms with Gasteiger partial charge in [-0.3, -0.25) is 4.98 Å². The maximum atomic E-state index is 14.4. The number of nitrogens with zero attached hydrogens (tertiary/aromatic N) is 6. The lowest BCUT2D eigenvalue weighted by Gasteiger charge is -2.30. The number of nitrogens with one attached hydrogen (secondary N) is 1. The van der Waals surface area contributed by atoms with Crippen molar-refractivity contribution < 1.29 is 13.5 Å². The first-order valence-electron chi connectivity index (χ1n) is 10.1. The monoisotopic (exact) mass is 437 g/mol. The molecule has 3 aromatic heterocycles. The fraction of sp³-hybridized carbons (Fsp3) is 0.273. The van der Waals surface area contributed by atoms with Crippen molar-refractivity contribution in [3.8, 4) is 5.75 Å².